The third-order valence-electron chi connectivity index (χ3n) is 4.35. The molecule has 0 amide bonds. The number of benzene rings is 1. The molecule has 124 valence electrons. The fourth-order valence-corrected chi connectivity index (χ4v) is 5.36. The van der Waals surface area contributed by atoms with Crippen LogP contribution in [0.1, 0.15) is 12.8 Å². The molecule has 1 atom stereocenters. The summed E-state index contributed by atoms with van der Waals surface area (Å²) >= 11 is 11.5. The number of nitrogens with one attached hydrogen (secondary N) is 1. The predicted octanol–water partition coefficient (Wildman–Crippen LogP) is 2.93. The summed E-state index contributed by atoms with van der Waals surface area (Å²) in [5.74, 6) is -0.893. The Labute approximate surface area is 145 Å². The third kappa shape index (κ3) is 2.97. The molecule has 0 aromatic heterocycles. The second-order valence-corrected chi connectivity index (χ2v) is 8.38. The van der Waals surface area contributed by atoms with Crippen molar-refractivity contribution >= 4 is 45.6 Å². The largest absolute Gasteiger partial charge is 0.316 e. The molecule has 1 unspecified atom stereocenters. The molecule has 2 heterocycles. The highest BCUT2D eigenvalue weighted by atomic mass is 35.5. The summed E-state index contributed by atoms with van der Waals surface area (Å²) in [5.41, 5.74) is 0.00448. The molecule has 4 nitrogen and oxygen atoms in total. The Kier molecular flexibility index (Phi) is 5.32. The average molecular weight is 390 g/mol. The van der Waals surface area contributed by atoms with Crippen LogP contribution < -0.4 is 5.32 Å². The Morgan fingerprint density at radius 2 is 2.00 bits per heavy atom. The van der Waals surface area contributed by atoms with Crippen molar-refractivity contribution in [3.05, 3.63) is 28.0 Å². The first kappa shape index (κ1) is 18.2. The van der Waals surface area contributed by atoms with Crippen molar-refractivity contribution < 1.29 is 12.8 Å². The van der Waals surface area contributed by atoms with Gasteiger partial charge in [-0.3, -0.25) is 0 Å². The van der Waals surface area contributed by atoms with E-state index in [0.29, 0.717) is 13.1 Å². The van der Waals surface area contributed by atoms with Crippen molar-refractivity contribution in [2.24, 2.45) is 5.41 Å². The first-order valence-corrected chi connectivity index (χ1v) is 8.90. The minimum atomic E-state index is -3.80. The quantitative estimate of drug-likeness (QED) is 0.791. The lowest BCUT2D eigenvalue weighted by molar-refractivity contribution is 0.338. The normalized spacial score (nSPS) is 25.6. The molecule has 2 aliphatic heterocycles. The SMILES string of the molecule is Cl.O=S(=O)(c1ccc(Cl)c(F)c1Cl)N1CCC2(CCNC2)C1. The van der Waals surface area contributed by atoms with E-state index in [1.807, 2.05) is 0 Å². The van der Waals surface area contributed by atoms with Crippen molar-refractivity contribution in [2.45, 2.75) is 17.7 Å². The zero-order valence-electron chi connectivity index (χ0n) is 11.6. The van der Waals surface area contributed by atoms with Gasteiger partial charge in [0.05, 0.1) is 10.0 Å². The number of nitrogens with zero attached hydrogens (tertiary/aromatic N) is 1. The molecule has 1 aromatic rings. The van der Waals surface area contributed by atoms with Crippen molar-refractivity contribution in [1.29, 1.82) is 0 Å². The van der Waals surface area contributed by atoms with Crippen LogP contribution in [0.5, 0.6) is 0 Å². The van der Waals surface area contributed by atoms with Crippen molar-refractivity contribution in [3.8, 4) is 0 Å². The number of hydrogen-bond acceptors (Lipinski definition) is 3. The second-order valence-electron chi connectivity index (χ2n) is 5.69. The molecule has 0 saturated carbocycles. The molecule has 1 spiro atoms. The van der Waals surface area contributed by atoms with Gasteiger partial charge in [0.15, 0.2) is 5.82 Å². The third-order valence-corrected chi connectivity index (χ3v) is 7.01. The Morgan fingerprint density at radius 1 is 1.27 bits per heavy atom. The molecule has 3 rings (SSSR count). The predicted molar refractivity (Wildman–Crippen MR) is 87.0 cm³/mol. The van der Waals surface area contributed by atoms with E-state index in [2.05, 4.69) is 5.32 Å². The zero-order chi connectivity index (χ0) is 15.3. The van der Waals surface area contributed by atoms with Crippen LogP contribution >= 0.6 is 35.6 Å². The second kappa shape index (κ2) is 6.42. The van der Waals surface area contributed by atoms with Gasteiger partial charge in [-0.05, 0) is 36.9 Å². The van der Waals surface area contributed by atoms with Crippen LogP contribution in [0.3, 0.4) is 0 Å². The summed E-state index contributed by atoms with van der Waals surface area (Å²) in [7, 11) is -3.80. The maximum atomic E-state index is 13.7. The van der Waals surface area contributed by atoms with E-state index in [-0.39, 0.29) is 27.7 Å². The fourth-order valence-electron chi connectivity index (χ4n) is 3.09. The molecule has 0 aliphatic carbocycles. The van der Waals surface area contributed by atoms with Crippen molar-refractivity contribution in [2.75, 3.05) is 26.2 Å². The van der Waals surface area contributed by atoms with Crippen LogP contribution in [-0.4, -0.2) is 38.9 Å². The molecule has 9 heteroatoms. The van der Waals surface area contributed by atoms with Gasteiger partial charge in [-0.25, -0.2) is 12.8 Å². The fraction of sp³-hybridized carbons (Fsp3) is 0.538. The van der Waals surface area contributed by atoms with Gasteiger partial charge >= 0.3 is 0 Å². The van der Waals surface area contributed by atoms with E-state index in [1.54, 1.807) is 0 Å². The van der Waals surface area contributed by atoms with Crippen LogP contribution in [0.2, 0.25) is 10.0 Å². The zero-order valence-corrected chi connectivity index (χ0v) is 14.8. The van der Waals surface area contributed by atoms with Gasteiger partial charge in [-0.1, -0.05) is 23.2 Å². The highest BCUT2D eigenvalue weighted by molar-refractivity contribution is 7.89. The monoisotopic (exact) mass is 388 g/mol. The van der Waals surface area contributed by atoms with Gasteiger partial charge in [0.25, 0.3) is 0 Å². The Balaban J connectivity index is 0.00000176. The Hall–Kier alpha value is -0.110. The lowest BCUT2D eigenvalue weighted by Crippen LogP contribution is -2.33. The topological polar surface area (TPSA) is 49.4 Å². The lowest BCUT2D eigenvalue weighted by Gasteiger charge is -2.23. The van der Waals surface area contributed by atoms with Crippen LogP contribution in [0.15, 0.2) is 17.0 Å². The summed E-state index contributed by atoms with van der Waals surface area (Å²) in [6.45, 7) is 2.61. The van der Waals surface area contributed by atoms with Crippen molar-refractivity contribution in [1.82, 2.24) is 9.62 Å². The van der Waals surface area contributed by atoms with Gasteiger partial charge < -0.3 is 5.32 Å². The molecule has 1 N–H and O–H groups in total. The van der Waals surface area contributed by atoms with Crippen LogP contribution in [0, 0.1) is 11.2 Å². The smallest absolute Gasteiger partial charge is 0.244 e. The molecular weight excluding hydrogens is 374 g/mol. The van der Waals surface area contributed by atoms with E-state index in [0.717, 1.165) is 25.9 Å². The Morgan fingerprint density at radius 3 is 2.64 bits per heavy atom. The first-order chi connectivity index (χ1) is 9.86. The van der Waals surface area contributed by atoms with E-state index < -0.39 is 20.9 Å². The summed E-state index contributed by atoms with van der Waals surface area (Å²) in [5, 5.41) is 2.65. The van der Waals surface area contributed by atoms with E-state index in [9.17, 15) is 12.8 Å². The van der Waals surface area contributed by atoms with Gasteiger partial charge in [0, 0.05) is 19.6 Å². The summed E-state index contributed by atoms with van der Waals surface area (Å²) in [6, 6.07) is 2.49. The molecule has 2 fully saturated rings. The highest BCUT2D eigenvalue weighted by Gasteiger charge is 2.45. The molecule has 0 radical (unpaired) electrons. The molecule has 2 aliphatic rings. The summed E-state index contributed by atoms with van der Waals surface area (Å²) < 4.78 is 40.5. The van der Waals surface area contributed by atoms with E-state index in [1.165, 1.54) is 16.4 Å². The number of rotatable bonds is 2. The standard InChI is InChI=1S/C13H15Cl2FN2O2S.ClH/c14-9-1-2-10(11(15)12(9)16)21(19,20)18-6-4-13(8-18)3-5-17-7-13;/h1-2,17H,3-8H2;1H. The van der Waals surface area contributed by atoms with Gasteiger partial charge in [-0.2, -0.15) is 4.31 Å². The number of hydrogen-bond donors (Lipinski definition) is 1. The van der Waals surface area contributed by atoms with Crippen LogP contribution in [-0.2, 0) is 10.0 Å². The first-order valence-electron chi connectivity index (χ1n) is 6.70. The highest BCUT2D eigenvalue weighted by Crippen LogP contribution is 2.40. The van der Waals surface area contributed by atoms with Crippen molar-refractivity contribution in [3.63, 3.8) is 0 Å². The minimum absolute atomic E-state index is 0. The van der Waals surface area contributed by atoms with E-state index in [4.69, 9.17) is 23.2 Å². The molecule has 1 aromatic carbocycles. The average Bonchev–Trinajstić information content (AvgIpc) is 3.07. The molecule has 2 saturated heterocycles. The van der Waals surface area contributed by atoms with Crippen LogP contribution in [0.4, 0.5) is 4.39 Å². The summed E-state index contributed by atoms with van der Waals surface area (Å²) in [4.78, 5) is -0.214. The van der Waals surface area contributed by atoms with Gasteiger partial charge in [-0.15, -0.1) is 12.4 Å². The summed E-state index contributed by atoms with van der Waals surface area (Å²) in [6.07, 6.45) is 1.77. The van der Waals surface area contributed by atoms with E-state index >= 15 is 0 Å². The van der Waals surface area contributed by atoms with Crippen LogP contribution in [0.25, 0.3) is 0 Å². The number of sulfonamides is 1. The molecule has 22 heavy (non-hydrogen) atoms. The minimum Gasteiger partial charge on any atom is -0.316 e. The maximum absolute atomic E-state index is 13.7. The molecular formula is C13H16Cl3FN2O2S. The lowest BCUT2D eigenvalue weighted by atomic mass is 9.87. The molecule has 0 bridgehead atoms. The maximum Gasteiger partial charge on any atom is 0.244 e. The van der Waals surface area contributed by atoms with Gasteiger partial charge in [0.1, 0.15) is 4.90 Å². The Bertz CT molecular complexity index is 678. The van der Waals surface area contributed by atoms with Gasteiger partial charge in [0.2, 0.25) is 10.0 Å². The number of halogens is 4.